The average Bonchev–Trinajstić information content (AvgIpc) is 2.29. The van der Waals surface area contributed by atoms with E-state index >= 15 is 0 Å². The van der Waals surface area contributed by atoms with Crippen molar-refractivity contribution in [1.29, 1.82) is 0 Å². The predicted octanol–water partition coefficient (Wildman–Crippen LogP) is 1.68. The van der Waals surface area contributed by atoms with Crippen molar-refractivity contribution in [2.45, 2.75) is 45.6 Å². The summed E-state index contributed by atoms with van der Waals surface area (Å²) in [7, 11) is 0. The molecule has 2 atom stereocenters. The smallest absolute Gasteiger partial charge is 0.326 e. The summed E-state index contributed by atoms with van der Waals surface area (Å²) in [6, 6.07) is -0.905. The van der Waals surface area contributed by atoms with Crippen LogP contribution in [0.4, 0.5) is 4.79 Å². The van der Waals surface area contributed by atoms with Gasteiger partial charge in [0, 0.05) is 13.1 Å². The monoisotopic (exact) mass is 242 g/mol. The van der Waals surface area contributed by atoms with Crippen molar-refractivity contribution in [1.82, 2.24) is 10.2 Å². The standard InChI is InChI=1S/C12H22N2O3/c1-3-4-6-13-12(17)14-7-5-9(2)8-10(14)11(15)16/h9-10H,3-8H2,1-2H3,(H,13,17)(H,15,16). The molecule has 0 aromatic rings. The van der Waals surface area contributed by atoms with Gasteiger partial charge in [0.15, 0.2) is 0 Å². The normalized spacial score (nSPS) is 24.5. The molecule has 0 saturated carbocycles. The van der Waals surface area contributed by atoms with Crippen LogP contribution in [0.5, 0.6) is 0 Å². The molecule has 1 aliphatic heterocycles. The molecule has 0 radical (unpaired) electrons. The van der Waals surface area contributed by atoms with E-state index in [9.17, 15) is 9.59 Å². The van der Waals surface area contributed by atoms with E-state index in [0.717, 1.165) is 19.3 Å². The Bertz CT molecular complexity index is 281. The number of urea groups is 1. The van der Waals surface area contributed by atoms with Crippen LogP contribution in [-0.2, 0) is 4.79 Å². The second-order valence-electron chi connectivity index (χ2n) is 4.76. The Morgan fingerprint density at radius 2 is 2.18 bits per heavy atom. The summed E-state index contributed by atoms with van der Waals surface area (Å²) < 4.78 is 0. The van der Waals surface area contributed by atoms with E-state index in [1.807, 2.05) is 6.92 Å². The van der Waals surface area contributed by atoms with Gasteiger partial charge in [0.25, 0.3) is 0 Å². The van der Waals surface area contributed by atoms with Crippen LogP contribution in [0.15, 0.2) is 0 Å². The van der Waals surface area contributed by atoms with Gasteiger partial charge in [-0.05, 0) is 25.2 Å². The summed E-state index contributed by atoms with van der Waals surface area (Å²) in [5.74, 6) is -0.530. The molecule has 0 aromatic carbocycles. The fraction of sp³-hybridized carbons (Fsp3) is 0.833. The second-order valence-corrected chi connectivity index (χ2v) is 4.76. The summed E-state index contributed by atoms with van der Waals surface area (Å²) in [5.41, 5.74) is 0. The molecule has 0 bridgehead atoms. The minimum absolute atomic E-state index is 0.238. The number of nitrogens with one attached hydrogen (secondary N) is 1. The highest BCUT2D eigenvalue weighted by Crippen LogP contribution is 2.22. The molecule has 2 unspecified atom stereocenters. The molecule has 1 heterocycles. The van der Waals surface area contributed by atoms with Crippen molar-refractivity contribution in [2.75, 3.05) is 13.1 Å². The molecule has 17 heavy (non-hydrogen) atoms. The summed E-state index contributed by atoms with van der Waals surface area (Å²) in [5, 5.41) is 11.9. The van der Waals surface area contributed by atoms with Gasteiger partial charge < -0.3 is 15.3 Å². The number of rotatable bonds is 4. The van der Waals surface area contributed by atoms with Crippen LogP contribution in [0.25, 0.3) is 0 Å². The lowest BCUT2D eigenvalue weighted by molar-refractivity contribution is -0.143. The highest BCUT2D eigenvalue weighted by atomic mass is 16.4. The van der Waals surface area contributed by atoms with Crippen LogP contribution in [0.3, 0.4) is 0 Å². The van der Waals surface area contributed by atoms with E-state index in [-0.39, 0.29) is 6.03 Å². The topological polar surface area (TPSA) is 69.6 Å². The Morgan fingerprint density at radius 1 is 1.47 bits per heavy atom. The number of amides is 2. The molecule has 1 aliphatic rings. The lowest BCUT2D eigenvalue weighted by Gasteiger charge is -2.35. The third-order valence-electron chi connectivity index (χ3n) is 3.22. The zero-order chi connectivity index (χ0) is 12.8. The van der Waals surface area contributed by atoms with Crippen molar-refractivity contribution >= 4 is 12.0 Å². The Hall–Kier alpha value is -1.26. The zero-order valence-corrected chi connectivity index (χ0v) is 10.6. The molecular weight excluding hydrogens is 220 g/mol. The van der Waals surface area contributed by atoms with Gasteiger partial charge in [-0.1, -0.05) is 20.3 Å². The number of carboxylic acids is 1. The third-order valence-corrected chi connectivity index (χ3v) is 3.22. The number of hydrogen-bond donors (Lipinski definition) is 2. The zero-order valence-electron chi connectivity index (χ0n) is 10.6. The fourth-order valence-corrected chi connectivity index (χ4v) is 2.09. The number of carbonyl (C=O) groups is 2. The molecule has 0 aliphatic carbocycles. The lowest BCUT2D eigenvalue weighted by Crippen LogP contribution is -2.53. The Labute approximate surface area is 102 Å². The number of aliphatic carboxylic acids is 1. The first-order valence-electron chi connectivity index (χ1n) is 6.33. The largest absolute Gasteiger partial charge is 0.480 e. The summed E-state index contributed by atoms with van der Waals surface area (Å²) in [4.78, 5) is 24.4. The summed E-state index contributed by atoms with van der Waals surface area (Å²) >= 11 is 0. The average molecular weight is 242 g/mol. The van der Waals surface area contributed by atoms with Crippen LogP contribution in [0.1, 0.15) is 39.5 Å². The molecule has 5 heteroatoms. The first kappa shape index (κ1) is 13.8. The quantitative estimate of drug-likeness (QED) is 0.737. The number of carboxylic acid groups (broad SMARTS) is 1. The molecule has 1 rings (SSSR count). The lowest BCUT2D eigenvalue weighted by atomic mass is 9.93. The molecule has 1 saturated heterocycles. The molecule has 0 aromatic heterocycles. The SMILES string of the molecule is CCCCNC(=O)N1CCC(C)CC1C(=O)O. The molecule has 2 amide bonds. The molecular formula is C12H22N2O3. The number of carbonyl (C=O) groups excluding carboxylic acids is 1. The molecule has 98 valence electrons. The Morgan fingerprint density at radius 3 is 2.76 bits per heavy atom. The van der Waals surface area contributed by atoms with Crippen LogP contribution < -0.4 is 5.32 Å². The van der Waals surface area contributed by atoms with Gasteiger partial charge in [-0.3, -0.25) is 0 Å². The second kappa shape index (κ2) is 6.47. The Kier molecular flexibility index (Phi) is 5.25. The van der Waals surface area contributed by atoms with Gasteiger partial charge >= 0.3 is 12.0 Å². The van der Waals surface area contributed by atoms with Crippen molar-refractivity contribution in [3.05, 3.63) is 0 Å². The van der Waals surface area contributed by atoms with Crippen molar-refractivity contribution < 1.29 is 14.7 Å². The summed E-state index contributed by atoms with van der Waals surface area (Å²) in [6.07, 6.45) is 3.37. The first-order valence-corrected chi connectivity index (χ1v) is 6.33. The van der Waals surface area contributed by atoms with Crippen molar-refractivity contribution in [3.63, 3.8) is 0 Å². The van der Waals surface area contributed by atoms with Gasteiger partial charge in [-0.2, -0.15) is 0 Å². The van der Waals surface area contributed by atoms with E-state index in [1.54, 1.807) is 0 Å². The molecule has 1 fully saturated rings. The predicted molar refractivity (Wildman–Crippen MR) is 64.8 cm³/mol. The van der Waals surface area contributed by atoms with E-state index in [1.165, 1.54) is 4.90 Å². The minimum atomic E-state index is -0.901. The van der Waals surface area contributed by atoms with Crippen molar-refractivity contribution in [2.24, 2.45) is 5.92 Å². The maximum absolute atomic E-state index is 11.8. The number of piperidine rings is 1. The van der Waals surface area contributed by atoms with E-state index in [0.29, 0.717) is 25.4 Å². The van der Waals surface area contributed by atoms with Crippen molar-refractivity contribution in [3.8, 4) is 0 Å². The van der Waals surface area contributed by atoms with Gasteiger partial charge in [0.2, 0.25) is 0 Å². The number of hydrogen-bond acceptors (Lipinski definition) is 2. The molecule has 5 nitrogen and oxygen atoms in total. The highest BCUT2D eigenvalue weighted by Gasteiger charge is 2.34. The van der Waals surface area contributed by atoms with E-state index < -0.39 is 12.0 Å². The molecule has 2 N–H and O–H groups in total. The van der Waals surface area contributed by atoms with E-state index in [4.69, 9.17) is 5.11 Å². The third kappa shape index (κ3) is 3.91. The fourth-order valence-electron chi connectivity index (χ4n) is 2.09. The minimum Gasteiger partial charge on any atom is -0.480 e. The number of nitrogens with zero attached hydrogens (tertiary/aromatic N) is 1. The number of likely N-dealkylation sites (tertiary alicyclic amines) is 1. The van der Waals surface area contributed by atoms with Crippen LogP contribution in [0, 0.1) is 5.92 Å². The van der Waals surface area contributed by atoms with Gasteiger partial charge in [-0.25, -0.2) is 9.59 Å². The van der Waals surface area contributed by atoms with Gasteiger partial charge in [0.1, 0.15) is 6.04 Å². The first-order chi connectivity index (χ1) is 8.06. The molecule has 0 spiro atoms. The van der Waals surface area contributed by atoms with Crippen LogP contribution >= 0.6 is 0 Å². The maximum Gasteiger partial charge on any atom is 0.326 e. The van der Waals surface area contributed by atoms with E-state index in [2.05, 4.69) is 12.2 Å². The van der Waals surface area contributed by atoms with Crippen LogP contribution in [-0.4, -0.2) is 41.1 Å². The van der Waals surface area contributed by atoms with Gasteiger partial charge in [-0.15, -0.1) is 0 Å². The summed E-state index contributed by atoms with van der Waals surface area (Å²) in [6.45, 7) is 5.24. The Balaban J connectivity index is 2.54. The maximum atomic E-state index is 11.8. The van der Waals surface area contributed by atoms with Crippen LogP contribution in [0.2, 0.25) is 0 Å². The number of unbranched alkanes of at least 4 members (excludes halogenated alkanes) is 1. The van der Waals surface area contributed by atoms with Gasteiger partial charge in [0.05, 0.1) is 0 Å². The highest BCUT2D eigenvalue weighted by molar-refractivity contribution is 5.82.